The van der Waals surface area contributed by atoms with Gasteiger partial charge in [0, 0.05) is 17.3 Å². The lowest BCUT2D eigenvalue weighted by Gasteiger charge is -2.31. The van der Waals surface area contributed by atoms with Crippen molar-refractivity contribution in [2.75, 3.05) is 4.90 Å². The Morgan fingerprint density at radius 1 is 0.969 bits per heavy atom. The first-order valence-electron chi connectivity index (χ1n) is 10.9. The molecule has 32 heavy (non-hydrogen) atoms. The first-order valence-corrected chi connectivity index (χ1v) is 10.9. The van der Waals surface area contributed by atoms with Gasteiger partial charge in [-0.25, -0.2) is 9.59 Å². The van der Waals surface area contributed by atoms with Crippen LogP contribution in [0.15, 0.2) is 53.7 Å². The van der Waals surface area contributed by atoms with E-state index in [1.165, 1.54) is 0 Å². The molecule has 2 aromatic rings. The standard InChI is InChI=1S/C25H31N3O4/c1-17-9-11-19(12-10-17)23(29)32-27-22(26)18-13-15-21(16-14-18)28(20-7-5-6-8-20)24(30)31-25(2,3)4/h9-16,20H,5-8H2,1-4H3,(H2,26,27). The fourth-order valence-corrected chi connectivity index (χ4v) is 3.62. The van der Waals surface area contributed by atoms with E-state index in [9.17, 15) is 9.59 Å². The number of nitrogens with zero attached hydrogens (tertiary/aromatic N) is 2. The van der Waals surface area contributed by atoms with Gasteiger partial charge in [0.05, 0.1) is 5.56 Å². The fourth-order valence-electron chi connectivity index (χ4n) is 3.62. The zero-order valence-corrected chi connectivity index (χ0v) is 19.1. The van der Waals surface area contributed by atoms with Crippen LogP contribution in [0.1, 0.15) is 67.9 Å². The van der Waals surface area contributed by atoms with Crippen molar-refractivity contribution >= 4 is 23.6 Å². The third kappa shape index (κ3) is 6.09. The highest BCUT2D eigenvalue weighted by Crippen LogP contribution is 2.30. The number of rotatable bonds is 5. The molecule has 0 saturated heterocycles. The van der Waals surface area contributed by atoms with Crippen LogP contribution in [-0.4, -0.2) is 29.5 Å². The second kappa shape index (κ2) is 9.85. The Morgan fingerprint density at radius 3 is 2.09 bits per heavy atom. The van der Waals surface area contributed by atoms with E-state index in [0.717, 1.165) is 36.9 Å². The van der Waals surface area contributed by atoms with E-state index in [4.69, 9.17) is 15.3 Å². The number of carbonyl (C=O) groups is 2. The molecule has 1 amide bonds. The molecule has 1 aliphatic carbocycles. The molecule has 7 nitrogen and oxygen atoms in total. The molecular weight excluding hydrogens is 406 g/mol. The lowest BCUT2D eigenvalue weighted by atomic mass is 10.1. The van der Waals surface area contributed by atoms with Crippen LogP contribution >= 0.6 is 0 Å². The summed E-state index contributed by atoms with van der Waals surface area (Å²) in [7, 11) is 0. The van der Waals surface area contributed by atoms with Crippen LogP contribution < -0.4 is 10.6 Å². The molecule has 170 valence electrons. The van der Waals surface area contributed by atoms with Crippen molar-refractivity contribution in [2.24, 2.45) is 10.9 Å². The third-order valence-electron chi connectivity index (χ3n) is 5.24. The van der Waals surface area contributed by atoms with E-state index in [2.05, 4.69) is 5.16 Å². The molecule has 0 bridgehead atoms. The summed E-state index contributed by atoms with van der Waals surface area (Å²) in [6.07, 6.45) is 3.71. The van der Waals surface area contributed by atoms with Crippen molar-refractivity contribution in [1.29, 1.82) is 0 Å². The van der Waals surface area contributed by atoms with Crippen molar-refractivity contribution in [1.82, 2.24) is 0 Å². The Kier molecular flexibility index (Phi) is 7.18. The Hall–Kier alpha value is -3.35. The molecule has 2 aromatic carbocycles. The van der Waals surface area contributed by atoms with Crippen LogP contribution in [0.3, 0.4) is 0 Å². The molecule has 0 radical (unpaired) electrons. The van der Waals surface area contributed by atoms with Crippen molar-refractivity contribution in [3.05, 3.63) is 65.2 Å². The van der Waals surface area contributed by atoms with E-state index in [1.54, 1.807) is 29.2 Å². The summed E-state index contributed by atoms with van der Waals surface area (Å²) >= 11 is 0. The highest BCUT2D eigenvalue weighted by Gasteiger charge is 2.31. The van der Waals surface area contributed by atoms with Crippen molar-refractivity contribution in [2.45, 2.75) is 65.0 Å². The lowest BCUT2D eigenvalue weighted by Crippen LogP contribution is -2.42. The van der Waals surface area contributed by atoms with Crippen LogP contribution in [0.2, 0.25) is 0 Å². The van der Waals surface area contributed by atoms with Crippen LogP contribution in [0.25, 0.3) is 0 Å². The molecule has 3 rings (SSSR count). The summed E-state index contributed by atoms with van der Waals surface area (Å²) in [6.45, 7) is 7.51. The number of aryl methyl sites for hydroxylation is 1. The Morgan fingerprint density at radius 2 is 1.53 bits per heavy atom. The Balaban J connectivity index is 1.73. The zero-order chi connectivity index (χ0) is 23.3. The van der Waals surface area contributed by atoms with Gasteiger partial charge in [-0.2, -0.15) is 0 Å². The van der Waals surface area contributed by atoms with Gasteiger partial charge in [0.15, 0.2) is 5.84 Å². The lowest BCUT2D eigenvalue weighted by molar-refractivity contribution is 0.0514. The van der Waals surface area contributed by atoms with E-state index in [1.807, 2.05) is 52.0 Å². The Labute approximate surface area is 189 Å². The average molecular weight is 438 g/mol. The second-order valence-electron chi connectivity index (χ2n) is 9.06. The molecule has 7 heteroatoms. The average Bonchev–Trinajstić information content (AvgIpc) is 3.26. The molecule has 0 unspecified atom stereocenters. The summed E-state index contributed by atoms with van der Waals surface area (Å²) in [5, 5.41) is 3.77. The summed E-state index contributed by atoms with van der Waals surface area (Å²) in [5.41, 5.74) is 8.19. The molecule has 0 spiro atoms. The monoisotopic (exact) mass is 437 g/mol. The fraction of sp³-hybridized carbons (Fsp3) is 0.400. The van der Waals surface area contributed by atoms with E-state index in [-0.39, 0.29) is 18.0 Å². The predicted molar refractivity (Wildman–Crippen MR) is 125 cm³/mol. The summed E-state index contributed by atoms with van der Waals surface area (Å²) in [4.78, 5) is 31.7. The van der Waals surface area contributed by atoms with Crippen LogP contribution in [0, 0.1) is 6.92 Å². The number of ether oxygens (including phenoxy) is 1. The largest absolute Gasteiger partial charge is 0.443 e. The number of hydrogen-bond donors (Lipinski definition) is 1. The molecule has 0 heterocycles. The first kappa shape index (κ1) is 23.3. The minimum Gasteiger partial charge on any atom is -0.443 e. The van der Waals surface area contributed by atoms with Crippen molar-refractivity contribution in [3.63, 3.8) is 0 Å². The number of amidine groups is 1. The van der Waals surface area contributed by atoms with Crippen LogP contribution in [0.5, 0.6) is 0 Å². The topological polar surface area (TPSA) is 94.2 Å². The molecule has 0 atom stereocenters. The summed E-state index contributed by atoms with van der Waals surface area (Å²) in [6, 6.07) is 14.2. The van der Waals surface area contributed by atoms with Gasteiger partial charge < -0.3 is 15.3 Å². The maximum Gasteiger partial charge on any atom is 0.415 e. The van der Waals surface area contributed by atoms with E-state index in [0.29, 0.717) is 11.1 Å². The quantitative estimate of drug-likeness (QED) is 0.302. The highest BCUT2D eigenvalue weighted by molar-refractivity contribution is 5.99. The smallest absolute Gasteiger partial charge is 0.415 e. The van der Waals surface area contributed by atoms with Gasteiger partial charge in [0.25, 0.3) is 0 Å². The Bertz CT molecular complexity index is 970. The van der Waals surface area contributed by atoms with Crippen molar-refractivity contribution < 1.29 is 19.2 Å². The third-order valence-corrected chi connectivity index (χ3v) is 5.24. The highest BCUT2D eigenvalue weighted by atomic mass is 16.7. The number of anilines is 1. The SMILES string of the molecule is Cc1ccc(C(=O)O/N=C(\N)c2ccc(N(C(=O)OC(C)(C)C)C3CCCC3)cc2)cc1. The molecule has 0 aliphatic heterocycles. The number of oxime groups is 1. The predicted octanol–water partition coefficient (Wildman–Crippen LogP) is 5.16. The number of nitrogens with two attached hydrogens (primary N) is 1. The zero-order valence-electron chi connectivity index (χ0n) is 19.1. The van der Waals surface area contributed by atoms with Gasteiger partial charge in [-0.3, -0.25) is 4.90 Å². The van der Waals surface area contributed by atoms with Gasteiger partial charge in [0.2, 0.25) is 0 Å². The number of carbonyl (C=O) groups excluding carboxylic acids is 2. The molecule has 0 aromatic heterocycles. The summed E-state index contributed by atoms with van der Waals surface area (Å²) in [5.74, 6) is -0.511. The molecule has 1 saturated carbocycles. The second-order valence-corrected chi connectivity index (χ2v) is 9.06. The summed E-state index contributed by atoms with van der Waals surface area (Å²) < 4.78 is 5.64. The molecular formula is C25H31N3O4. The van der Waals surface area contributed by atoms with Crippen molar-refractivity contribution in [3.8, 4) is 0 Å². The number of hydrogen-bond acceptors (Lipinski definition) is 5. The number of benzene rings is 2. The minimum absolute atomic E-state index is 0.0710. The molecule has 2 N–H and O–H groups in total. The minimum atomic E-state index is -0.582. The maximum absolute atomic E-state index is 12.9. The van der Waals surface area contributed by atoms with Gasteiger partial charge >= 0.3 is 12.1 Å². The van der Waals surface area contributed by atoms with Gasteiger partial charge in [-0.1, -0.05) is 35.7 Å². The van der Waals surface area contributed by atoms with Gasteiger partial charge in [0.1, 0.15) is 5.60 Å². The molecule has 1 aliphatic rings. The first-order chi connectivity index (χ1) is 15.1. The van der Waals surface area contributed by atoms with Crippen LogP contribution in [-0.2, 0) is 9.57 Å². The normalized spacial score (nSPS) is 14.8. The van der Waals surface area contributed by atoms with Crippen LogP contribution in [0.4, 0.5) is 10.5 Å². The number of amides is 1. The molecule has 1 fully saturated rings. The van der Waals surface area contributed by atoms with E-state index >= 15 is 0 Å². The van der Waals surface area contributed by atoms with E-state index < -0.39 is 11.6 Å². The maximum atomic E-state index is 12.9. The van der Waals surface area contributed by atoms with Gasteiger partial charge in [-0.05, 0) is 76.9 Å². The van der Waals surface area contributed by atoms with Gasteiger partial charge in [-0.15, -0.1) is 0 Å².